The maximum absolute atomic E-state index is 10.8. The zero-order valence-corrected chi connectivity index (χ0v) is 8.25. The van der Waals surface area contributed by atoms with E-state index >= 15 is 0 Å². The van der Waals surface area contributed by atoms with Crippen LogP contribution in [0.4, 0.5) is 0 Å². The lowest BCUT2D eigenvalue weighted by Gasteiger charge is -2.02. The molecule has 0 heterocycles. The second kappa shape index (κ2) is 5.09. The largest absolute Gasteiger partial charge is 0.478 e. The number of carbonyl (C=O) groups is 2. The third kappa shape index (κ3) is 2.68. The minimum atomic E-state index is -1.14. The molecule has 0 aliphatic heterocycles. The fourth-order valence-electron chi connectivity index (χ4n) is 1.21. The van der Waals surface area contributed by atoms with Crippen molar-refractivity contribution in [3.8, 4) is 0 Å². The number of aromatic carboxylic acids is 2. The van der Waals surface area contributed by atoms with E-state index in [-0.39, 0.29) is 23.3 Å². The Morgan fingerprint density at radius 1 is 1.19 bits per heavy atom. The van der Waals surface area contributed by atoms with Gasteiger partial charge in [-0.25, -0.2) is 9.59 Å². The summed E-state index contributed by atoms with van der Waals surface area (Å²) in [4.78, 5) is 21.5. The summed E-state index contributed by atoms with van der Waals surface area (Å²) in [5.74, 6) is -2.27. The van der Waals surface area contributed by atoms with Crippen molar-refractivity contribution in [2.45, 2.75) is 0 Å². The fourth-order valence-corrected chi connectivity index (χ4v) is 1.21. The Hall–Kier alpha value is -2.14. The molecule has 0 atom stereocenters. The van der Waals surface area contributed by atoms with Crippen molar-refractivity contribution in [3.05, 3.63) is 41.0 Å². The van der Waals surface area contributed by atoms with E-state index in [0.29, 0.717) is 0 Å². The molecular formula is C11H10O5. The molecule has 0 saturated heterocycles. The molecule has 0 aliphatic rings. The first-order chi connectivity index (χ1) is 7.56. The second-order valence-corrected chi connectivity index (χ2v) is 3.00. The number of carboxylic acid groups (broad SMARTS) is 2. The molecule has 0 unspecified atom stereocenters. The van der Waals surface area contributed by atoms with E-state index in [0.717, 1.165) is 0 Å². The van der Waals surface area contributed by atoms with Crippen LogP contribution in [0.5, 0.6) is 0 Å². The molecule has 1 aromatic rings. The summed E-state index contributed by atoms with van der Waals surface area (Å²) in [7, 11) is 0. The van der Waals surface area contributed by atoms with E-state index in [2.05, 4.69) is 0 Å². The van der Waals surface area contributed by atoms with Crippen LogP contribution in [0.3, 0.4) is 0 Å². The maximum atomic E-state index is 10.8. The number of carboxylic acids is 2. The number of aliphatic hydroxyl groups excluding tert-OH is 1. The van der Waals surface area contributed by atoms with Crippen LogP contribution in [-0.4, -0.2) is 33.9 Å². The number of aliphatic hydroxyl groups is 1. The summed E-state index contributed by atoms with van der Waals surface area (Å²) in [6.07, 6.45) is 2.71. The molecular weight excluding hydrogens is 212 g/mol. The Morgan fingerprint density at radius 3 is 2.38 bits per heavy atom. The van der Waals surface area contributed by atoms with Crippen molar-refractivity contribution in [1.82, 2.24) is 0 Å². The van der Waals surface area contributed by atoms with E-state index in [1.165, 1.54) is 30.4 Å². The van der Waals surface area contributed by atoms with Gasteiger partial charge in [-0.1, -0.05) is 12.2 Å². The normalized spacial score (nSPS) is 10.6. The van der Waals surface area contributed by atoms with E-state index < -0.39 is 11.9 Å². The highest BCUT2D eigenvalue weighted by atomic mass is 16.4. The van der Waals surface area contributed by atoms with Crippen LogP contribution in [0.2, 0.25) is 0 Å². The molecule has 3 N–H and O–H groups in total. The highest BCUT2D eigenvalue weighted by molar-refractivity contribution is 5.95. The number of rotatable bonds is 4. The second-order valence-electron chi connectivity index (χ2n) is 3.00. The third-order valence-corrected chi connectivity index (χ3v) is 1.93. The van der Waals surface area contributed by atoms with Crippen LogP contribution in [-0.2, 0) is 0 Å². The topological polar surface area (TPSA) is 94.8 Å². The van der Waals surface area contributed by atoms with Crippen LogP contribution in [0.1, 0.15) is 26.3 Å². The SMILES string of the molecule is O=C(O)c1ccc(C(=O)O)c(C=CCO)c1. The molecule has 0 bridgehead atoms. The molecule has 1 aromatic carbocycles. The summed E-state index contributed by atoms with van der Waals surface area (Å²) in [5.41, 5.74) is 0.249. The smallest absolute Gasteiger partial charge is 0.336 e. The van der Waals surface area contributed by atoms with Gasteiger partial charge in [-0.05, 0) is 23.8 Å². The Bertz CT molecular complexity index is 448. The Labute approximate surface area is 91.3 Å². The average molecular weight is 222 g/mol. The summed E-state index contributed by atoms with van der Waals surface area (Å²) >= 11 is 0. The fraction of sp³-hybridized carbons (Fsp3) is 0.0909. The number of hydrogen-bond donors (Lipinski definition) is 3. The Kier molecular flexibility index (Phi) is 3.79. The van der Waals surface area contributed by atoms with Crippen LogP contribution < -0.4 is 0 Å². The molecule has 5 nitrogen and oxygen atoms in total. The highest BCUT2D eigenvalue weighted by Crippen LogP contribution is 2.14. The van der Waals surface area contributed by atoms with Crippen LogP contribution in [0.25, 0.3) is 6.08 Å². The lowest BCUT2D eigenvalue weighted by Crippen LogP contribution is -2.03. The summed E-state index contributed by atoms with van der Waals surface area (Å²) in [6, 6.07) is 3.70. The zero-order valence-electron chi connectivity index (χ0n) is 8.25. The highest BCUT2D eigenvalue weighted by Gasteiger charge is 2.11. The van der Waals surface area contributed by atoms with Crippen molar-refractivity contribution in [2.24, 2.45) is 0 Å². The van der Waals surface area contributed by atoms with E-state index in [4.69, 9.17) is 15.3 Å². The molecule has 84 valence electrons. The van der Waals surface area contributed by atoms with Gasteiger partial charge in [0, 0.05) is 0 Å². The first kappa shape index (κ1) is 11.9. The zero-order chi connectivity index (χ0) is 12.1. The molecule has 0 spiro atoms. The molecule has 0 amide bonds. The summed E-state index contributed by atoms with van der Waals surface area (Å²) in [6.45, 7) is -0.240. The van der Waals surface area contributed by atoms with Gasteiger partial charge in [0.2, 0.25) is 0 Å². The number of benzene rings is 1. The minimum Gasteiger partial charge on any atom is -0.478 e. The van der Waals surface area contributed by atoms with E-state index in [9.17, 15) is 9.59 Å². The minimum absolute atomic E-state index is 0.00240. The first-order valence-corrected chi connectivity index (χ1v) is 4.44. The van der Waals surface area contributed by atoms with Gasteiger partial charge in [0.05, 0.1) is 17.7 Å². The van der Waals surface area contributed by atoms with Crippen molar-refractivity contribution in [1.29, 1.82) is 0 Å². The molecule has 0 radical (unpaired) electrons. The van der Waals surface area contributed by atoms with Crippen molar-refractivity contribution < 1.29 is 24.9 Å². The van der Waals surface area contributed by atoms with Crippen LogP contribution in [0.15, 0.2) is 24.3 Å². The molecule has 5 heteroatoms. The molecule has 16 heavy (non-hydrogen) atoms. The standard InChI is InChI=1S/C11H10O5/c12-5-1-2-7-6-8(10(13)14)3-4-9(7)11(15)16/h1-4,6,12H,5H2,(H,13,14)(H,15,16). The third-order valence-electron chi connectivity index (χ3n) is 1.93. The monoisotopic (exact) mass is 222 g/mol. The quantitative estimate of drug-likeness (QED) is 0.708. The number of hydrogen-bond acceptors (Lipinski definition) is 3. The molecule has 0 fully saturated rings. The lowest BCUT2D eigenvalue weighted by atomic mass is 10.0. The van der Waals surface area contributed by atoms with E-state index in [1.807, 2.05) is 0 Å². The first-order valence-electron chi connectivity index (χ1n) is 4.44. The van der Waals surface area contributed by atoms with Crippen molar-refractivity contribution in [3.63, 3.8) is 0 Å². The van der Waals surface area contributed by atoms with Crippen LogP contribution in [0, 0.1) is 0 Å². The van der Waals surface area contributed by atoms with Gasteiger partial charge in [0.1, 0.15) is 0 Å². The van der Waals surface area contributed by atoms with Gasteiger partial charge < -0.3 is 15.3 Å². The van der Waals surface area contributed by atoms with Gasteiger partial charge in [-0.3, -0.25) is 0 Å². The molecule has 0 saturated carbocycles. The lowest BCUT2D eigenvalue weighted by molar-refractivity contribution is 0.0681. The van der Waals surface area contributed by atoms with E-state index in [1.54, 1.807) is 0 Å². The van der Waals surface area contributed by atoms with Gasteiger partial charge in [0.15, 0.2) is 0 Å². The predicted octanol–water partition coefficient (Wildman–Crippen LogP) is 1.09. The summed E-state index contributed by atoms with van der Waals surface area (Å²) in [5, 5.41) is 26.2. The Balaban J connectivity index is 3.26. The van der Waals surface area contributed by atoms with Gasteiger partial charge >= 0.3 is 11.9 Å². The molecule has 1 rings (SSSR count). The van der Waals surface area contributed by atoms with Gasteiger partial charge in [-0.2, -0.15) is 0 Å². The average Bonchev–Trinajstić information content (AvgIpc) is 2.25. The van der Waals surface area contributed by atoms with Gasteiger partial charge in [-0.15, -0.1) is 0 Å². The molecule has 0 aliphatic carbocycles. The van der Waals surface area contributed by atoms with Crippen molar-refractivity contribution >= 4 is 18.0 Å². The Morgan fingerprint density at radius 2 is 1.88 bits per heavy atom. The van der Waals surface area contributed by atoms with Gasteiger partial charge in [0.25, 0.3) is 0 Å². The maximum Gasteiger partial charge on any atom is 0.336 e. The van der Waals surface area contributed by atoms with Crippen molar-refractivity contribution in [2.75, 3.05) is 6.61 Å². The van der Waals surface area contributed by atoms with Crippen LogP contribution >= 0.6 is 0 Å². The molecule has 0 aromatic heterocycles. The predicted molar refractivity (Wildman–Crippen MR) is 56.5 cm³/mol. The summed E-state index contributed by atoms with van der Waals surface area (Å²) < 4.78 is 0.